The zero-order valence-corrected chi connectivity index (χ0v) is 17.3. The van der Waals surface area contributed by atoms with Crippen molar-refractivity contribution in [1.82, 2.24) is 14.4 Å². The van der Waals surface area contributed by atoms with Crippen molar-refractivity contribution in [2.24, 2.45) is 5.92 Å². The largest absolute Gasteiger partial charge is 0.346 e. The Morgan fingerprint density at radius 3 is 2.32 bits per heavy atom. The zero-order valence-electron chi connectivity index (χ0n) is 17.3. The predicted molar refractivity (Wildman–Crippen MR) is 104 cm³/mol. The third-order valence-electron chi connectivity index (χ3n) is 6.08. The summed E-state index contributed by atoms with van der Waals surface area (Å²) in [6.45, 7) is 9.45. The topological polar surface area (TPSA) is 79.7 Å². The van der Waals surface area contributed by atoms with Crippen LogP contribution < -0.4 is 0 Å². The van der Waals surface area contributed by atoms with Gasteiger partial charge in [0.2, 0.25) is 0 Å². The molecule has 2 atom stereocenters. The van der Waals surface area contributed by atoms with E-state index in [-0.39, 0.29) is 23.8 Å². The Morgan fingerprint density at radius 2 is 1.75 bits per heavy atom. The maximum absolute atomic E-state index is 12.9. The van der Waals surface area contributed by atoms with E-state index in [0.717, 1.165) is 40.5 Å². The number of hydrogen-bond donors (Lipinski definition) is 0. The Morgan fingerprint density at radius 1 is 1.11 bits per heavy atom. The molecule has 1 saturated carbocycles. The van der Waals surface area contributed by atoms with Crippen molar-refractivity contribution < 1.29 is 19.2 Å². The first-order valence-electron chi connectivity index (χ1n) is 10.1. The van der Waals surface area contributed by atoms with Crippen molar-refractivity contribution in [2.45, 2.75) is 72.4 Å². The molecule has 1 aliphatic heterocycles. The minimum absolute atomic E-state index is 0.162. The van der Waals surface area contributed by atoms with Gasteiger partial charge >= 0.3 is 17.8 Å². The predicted octanol–water partition coefficient (Wildman–Crippen LogP) is 3.24. The molecule has 1 aromatic heterocycles. The van der Waals surface area contributed by atoms with Crippen LogP contribution in [-0.4, -0.2) is 50.6 Å². The quantitative estimate of drug-likeness (QED) is 0.441. The summed E-state index contributed by atoms with van der Waals surface area (Å²) < 4.78 is 2.04. The number of carbonyl (C=O) groups excluding carboxylic acids is 4. The van der Waals surface area contributed by atoms with Crippen LogP contribution in [0, 0.1) is 19.8 Å². The highest BCUT2D eigenvalue weighted by molar-refractivity contribution is 6.45. The monoisotopic (exact) mass is 387 g/mol. The van der Waals surface area contributed by atoms with E-state index in [1.54, 1.807) is 6.07 Å². The second-order valence-electron chi connectivity index (χ2n) is 8.35. The number of aromatic nitrogens is 1. The van der Waals surface area contributed by atoms with E-state index in [1.807, 2.05) is 39.2 Å². The lowest BCUT2D eigenvalue weighted by atomic mass is 9.85. The number of aryl methyl sites for hydroxylation is 1. The van der Waals surface area contributed by atoms with Crippen LogP contribution in [0.1, 0.15) is 74.2 Å². The van der Waals surface area contributed by atoms with Gasteiger partial charge in [0.05, 0.1) is 6.54 Å². The molecule has 3 rings (SSSR count). The van der Waals surface area contributed by atoms with Crippen LogP contribution in [0.25, 0.3) is 0 Å². The molecule has 7 heteroatoms. The summed E-state index contributed by atoms with van der Waals surface area (Å²) in [4.78, 5) is 52.6. The van der Waals surface area contributed by atoms with Gasteiger partial charge in [-0.15, -0.1) is 0 Å². The Labute approximate surface area is 165 Å². The molecule has 0 N–H and O–H groups in total. The van der Waals surface area contributed by atoms with Gasteiger partial charge in [0.25, 0.3) is 0 Å². The van der Waals surface area contributed by atoms with Gasteiger partial charge in [-0.2, -0.15) is 0 Å². The molecule has 1 saturated heterocycles. The smallest absolute Gasteiger partial charge is 0.334 e. The van der Waals surface area contributed by atoms with E-state index in [0.29, 0.717) is 12.0 Å². The number of carbonyl (C=O) groups is 4. The Kier molecular flexibility index (Phi) is 5.46. The molecule has 0 radical (unpaired) electrons. The maximum atomic E-state index is 12.9. The summed E-state index contributed by atoms with van der Waals surface area (Å²) in [6.07, 6.45) is 3.63. The van der Waals surface area contributed by atoms with Crippen LogP contribution in [0.3, 0.4) is 0 Å². The molecule has 152 valence electrons. The third kappa shape index (κ3) is 3.27. The second-order valence-corrected chi connectivity index (χ2v) is 8.35. The van der Waals surface area contributed by atoms with Crippen molar-refractivity contribution in [3.8, 4) is 0 Å². The average molecular weight is 387 g/mol. The molecule has 0 aromatic carbocycles. The van der Waals surface area contributed by atoms with E-state index >= 15 is 0 Å². The first kappa shape index (κ1) is 20.3. The fourth-order valence-electron chi connectivity index (χ4n) is 4.72. The van der Waals surface area contributed by atoms with Gasteiger partial charge in [-0.1, -0.05) is 19.8 Å². The van der Waals surface area contributed by atoms with Crippen molar-refractivity contribution in [3.63, 3.8) is 0 Å². The van der Waals surface area contributed by atoms with Gasteiger partial charge in [0.15, 0.2) is 5.78 Å². The summed E-state index contributed by atoms with van der Waals surface area (Å²) >= 11 is 0. The molecule has 1 aliphatic carbocycles. The van der Waals surface area contributed by atoms with Crippen LogP contribution in [0.4, 0.5) is 4.79 Å². The van der Waals surface area contributed by atoms with E-state index < -0.39 is 24.4 Å². The highest BCUT2D eigenvalue weighted by Gasteiger charge is 2.49. The van der Waals surface area contributed by atoms with E-state index in [9.17, 15) is 19.2 Å². The standard InChI is InChI=1S/C21H29N3O4/c1-12(2)23-14(4)10-16(15(23)5)18(25)11-22-19(26)20(27)24(21(22)28)17-9-7-6-8-13(17)3/h10,12-13,17H,6-9,11H2,1-5H3/t13-,17-/m1/s1. The fourth-order valence-corrected chi connectivity index (χ4v) is 4.72. The summed E-state index contributed by atoms with van der Waals surface area (Å²) in [6, 6.07) is 1.07. The van der Waals surface area contributed by atoms with Crippen LogP contribution in [0.5, 0.6) is 0 Å². The van der Waals surface area contributed by atoms with Crippen molar-refractivity contribution in [1.29, 1.82) is 0 Å². The second kappa shape index (κ2) is 7.53. The number of Topliss-reactive ketones (excluding diaryl/α,β-unsaturated/α-hetero) is 1. The van der Waals surface area contributed by atoms with Crippen molar-refractivity contribution >= 4 is 23.6 Å². The molecule has 2 heterocycles. The van der Waals surface area contributed by atoms with Gasteiger partial charge in [-0.3, -0.25) is 19.3 Å². The molecule has 4 amide bonds. The van der Waals surface area contributed by atoms with Crippen LogP contribution >= 0.6 is 0 Å². The summed E-state index contributed by atoms with van der Waals surface area (Å²) in [5, 5.41) is 0. The number of rotatable bonds is 5. The average Bonchev–Trinajstić information content (AvgIpc) is 3.04. The minimum Gasteiger partial charge on any atom is -0.346 e. The number of hydrogen-bond acceptors (Lipinski definition) is 4. The summed E-state index contributed by atoms with van der Waals surface area (Å²) in [5.41, 5.74) is 2.24. The summed E-state index contributed by atoms with van der Waals surface area (Å²) in [5.74, 6) is -1.86. The molecule has 28 heavy (non-hydrogen) atoms. The fraction of sp³-hybridized carbons (Fsp3) is 0.619. The highest BCUT2D eigenvalue weighted by Crippen LogP contribution is 2.31. The van der Waals surface area contributed by atoms with Crippen molar-refractivity contribution in [2.75, 3.05) is 6.54 Å². The van der Waals surface area contributed by atoms with E-state index in [2.05, 4.69) is 0 Å². The molecule has 0 unspecified atom stereocenters. The molecular formula is C21H29N3O4. The zero-order chi connectivity index (χ0) is 20.7. The third-order valence-corrected chi connectivity index (χ3v) is 6.08. The Balaban J connectivity index is 1.82. The van der Waals surface area contributed by atoms with Gasteiger partial charge in [-0.05, 0) is 52.5 Å². The van der Waals surface area contributed by atoms with Gasteiger partial charge < -0.3 is 4.57 Å². The number of amides is 4. The van der Waals surface area contributed by atoms with Gasteiger partial charge in [0.1, 0.15) is 0 Å². The number of imide groups is 2. The van der Waals surface area contributed by atoms with E-state index in [4.69, 9.17) is 0 Å². The first-order valence-corrected chi connectivity index (χ1v) is 10.1. The molecular weight excluding hydrogens is 358 g/mol. The van der Waals surface area contributed by atoms with Crippen LogP contribution in [0.2, 0.25) is 0 Å². The molecule has 7 nitrogen and oxygen atoms in total. The lowest BCUT2D eigenvalue weighted by molar-refractivity contribution is -0.144. The molecule has 2 fully saturated rings. The number of ketones is 1. The first-order chi connectivity index (χ1) is 13.1. The molecule has 1 aromatic rings. The van der Waals surface area contributed by atoms with Gasteiger partial charge in [0, 0.05) is 29.0 Å². The van der Waals surface area contributed by atoms with Crippen LogP contribution in [0.15, 0.2) is 6.07 Å². The highest BCUT2D eigenvalue weighted by atomic mass is 16.2. The maximum Gasteiger partial charge on any atom is 0.334 e. The Hall–Kier alpha value is -2.44. The van der Waals surface area contributed by atoms with Crippen LogP contribution in [-0.2, 0) is 9.59 Å². The Bertz CT molecular complexity index is 839. The lowest BCUT2D eigenvalue weighted by Gasteiger charge is -2.34. The number of urea groups is 1. The normalized spacial score (nSPS) is 23.3. The van der Waals surface area contributed by atoms with Gasteiger partial charge in [-0.25, -0.2) is 9.69 Å². The molecule has 0 bridgehead atoms. The summed E-state index contributed by atoms with van der Waals surface area (Å²) in [7, 11) is 0. The number of nitrogens with zero attached hydrogens (tertiary/aromatic N) is 3. The minimum atomic E-state index is -0.895. The van der Waals surface area contributed by atoms with Crippen molar-refractivity contribution in [3.05, 3.63) is 23.0 Å². The van der Waals surface area contributed by atoms with E-state index in [1.165, 1.54) is 0 Å². The lowest BCUT2D eigenvalue weighted by Crippen LogP contribution is -2.46. The SMILES string of the molecule is Cc1cc(C(=O)CN2C(=O)C(=O)N([C@@H]3CCCC[C@H]3C)C2=O)c(C)n1C(C)C. The molecule has 2 aliphatic rings. The molecule has 0 spiro atoms.